The van der Waals surface area contributed by atoms with Gasteiger partial charge in [-0.2, -0.15) is 0 Å². The number of aromatic carboxylic acids is 1. The minimum absolute atomic E-state index is 0.192. The fourth-order valence-corrected chi connectivity index (χ4v) is 3.58. The number of methoxy groups -OCH3 is 1. The maximum absolute atomic E-state index is 12.3. The van der Waals surface area contributed by atoms with Gasteiger partial charge in [0, 0.05) is 6.07 Å². The number of para-hydroxylation sites is 2. The van der Waals surface area contributed by atoms with Gasteiger partial charge in [-0.05, 0) is 28.1 Å². The van der Waals surface area contributed by atoms with Gasteiger partial charge >= 0.3 is 5.97 Å². The van der Waals surface area contributed by atoms with E-state index >= 15 is 0 Å². The molecule has 0 aliphatic heterocycles. The predicted octanol–water partition coefficient (Wildman–Crippen LogP) is 2.55. The largest absolute Gasteiger partial charge is 0.495 e. The van der Waals surface area contributed by atoms with Gasteiger partial charge in [-0.15, -0.1) is 0 Å². The number of rotatable bonds is 5. The number of carboxylic acid groups (broad SMARTS) is 1. The highest BCUT2D eigenvalue weighted by Crippen LogP contribution is 2.30. The van der Waals surface area contributed by atoms with Crippen molar-refractivity contribution in [1.29, 1.82) is 0 Å². The van der Waals surface area contributed by atoms with E-state index < -0.39 is 21.8 Å². The molecule has 0 aliphatic rings. The predicted molar refractivity (Wildman–Crippen MR) is 77.2 cm³/mol. The lowest BCUT2D eigenvalue weighted by Crippen LogP contribution is -2.13. The van der Waals surface area contributed by atoms with Crippen LogP contribution >= 0.6 is 15.9 Å². The molecule has 0 saturated carbocycles. The van der Waals surface area contributed by atoms with E-state index in [0.29, 0.717) is 5.75 Å². The Morgan fingerprint density at radius 2 is 2.05 bits per heavy atom. The molecule has 112 valence electrons. The van der Waals surface area contributed by atoms with Crippen LogP contribution in [-0.2, 0) is 10.0 Å². The highest BCUT2D eigenvalue weighted by atomic mass is 79.9. The zero-order chi connectivity index (χ0) is 15.6. The summed E-state index contributed by atoms with van der Waals surface area (Å²) >= 11 is 2.89. The van der Waals surface area contributed by atoms with Crippen LogP contribution in [0.1, 0.15) is 10.6 Å². The molecule has 0 unspecified atom stereocenters. The first-order chi connectivity index (χ1) is 9.85. The quantitative estimate of drug-likeness (QED) is 0.831. The molecule has 7 nitrogen and oxygen atoms in total. The number of hydrogen-bond donors (Lipinski definition) is 2. The van der Waals surface area contributed by atoms with E-state index in [1.54, 1.807) is 18.2 Å². The Hall–Kier alpha value is -2.00. The molecule has 0 aliphatic carbocycles. The molecule has 1 aromatic carbocycles. The van der Waals surface area contributed by atoms with Gasteiger partial charge in [-0.1, -0.05) is 12.1 Å². The van der Waals surface area contributed by atoms with Crippen LogP contribution in [-0.4, -0.2) is 26.6 Å². The average molecular weight is 376 g/mol. The van der Waals surface area contributed by atoms with Gasteiger partial charge in [0.25, 0.3) is 10.0 Å². The lowest BCUT2D eigenvalue weighted by molar-refractivity contribution is 0.0661. The molecule has 0 radical (unpaired) electrons. The van der Waals surface area contributed by atoms with Crippen LogP contribution in [0.4, 0.5) is 5.69 Å². The van der Waals surface area contributed by atoms with Gasteiger partial charge < -0.3 is 14.3 Å². The first-order valence-electron chi connectivity index (χ1n) is 5.53. The maximum Gasteiger partial charge on any atom is 0.371 e. The number of furan rings is 1. The Labute approximate surface area is 128 Å². The first-order valence-corrected chi connectivity index (χ1v) is 7.81. The van der Waals surface area contributed by atoms with Crippen LogP contribution in [0.5, 0.6) is 5.75 Å². The summed E-state index contributed by atoms with van der Waals surface area (Å²) in [5.41, 5.74) is 0.227. The number of nitrogens with one attached hydrogen (secondary N) is 1. The number of hydrogen-bond acceptors (Lipinski definition) is 5. The highest BCUT2D eigenvalue weighted by Gasteiger charge is 2.25. The summed E-state index contributed by atoms with van der Waals surface area (Å²) in [4.78, 5) is 10.5. The molecule has 9 heteroatoms. The van der Waals surface area contributed by atoms with Gasteiger partial charge in [0.05, 0.1) is 12.8 Å². The number of carbonyl (C=O) groups is 1. The molecule has 0 saturated heterocycles. The Balaban J connectivity index is 2.41. The summed E-state index contributed by atoms with van der Waals surface area (Å²) in [5, 5.41) is 8.81. The number of halogens is 1. The minimum atomic E-state index is -4.02. The smallest absolute Gasteiger partial charge is 0.371 e. The second-order valence-corrected chi connectivity index (χ2v) is 6.23. The van der Waals surface area contributed by atoms with Crippen molar-refractivity contribution in [2.24, 2.45) is 0 Å². The first kappa shape index (κ1) is 15.4. The van der Waals surface area contributed by atoms with Crippen LogP contribution in [0.25, 0.3) is 0 Å². The van der Waals surface area contributed by atoms with Crippen molar-refractivity contribution < 1.29 is 27.5 Å². The second kappa shape index (κ2) is 5.78. The van der Waals surface area contributed by atoms with Gasteiger partial charge in [0.1, 0.15) is 10.6 Å². The topological polar surface area (TPSA) is 106 Å². The molecule has 2 N–H and O–H groups in total. The number of benzene rings is 1. The van der Waals surface area contributed by atoms with E-state index in [9.17, 15) is 13.2 Å². The molecule has 0 fully saturated rings. The Bertz CT molecular complexity index is 783. The lowest BCUT2D eigenvalue weighted by atomic mass is 10.3. The zero-order valence-electron chi connectivity index (χ0n) is 10.7. The summed E-state index contributed by atoms with van der Waals surface area (Å²) in [7, 11) is -2.62. The third kappa shape index (κ3) is 3.19. The van der Waals surface area contributed by atoms with Crippen molar-refractivity contribution in [3.05, 3.63) is 40.8 Å². The number of carboxylic acids is 1. The fraction of sp³-hybridized carbons (Fsp3) is 0.0833. The molecule has 0 bridgehead atoms. The van der Waals surface area contributed by atoms with Gasteiger partial charge in [0.15, 0.2) is 4.67 Å². The average Bonchev–Trinajstić information content (AvgIpc) is 2.82. The minimum Gasteiger partial charge on any atom is -0.495 e. The molecular weight excluding hydrogens is 366 g/mol. The number of ether oxygens (including phenoxy) is 1. The van der Waals surface area contributed by atoms with Gasteiger partial charge in [0.2, 0.25) is 5.76 Å². The van der Waals surface area contributed by atoms with Gasteiger partial charge in [-0.25, -0.2) is 13.2 Å². The summed E-state index contributed by atoms with van der Waals surface area (Å²) in [6.45, 7) is 0. The summed E-state index contributed by atoms with van der Waals surface area (Å²) in [5.74, 6) is -1.52. The number of anilines is 1. The van der Waals surface area contributed by atoms with Gasteiger partial charge in [-0.3, -0.25) is 4.72 Å². The van der Waals surface area contributed by atoms with Crippen molar-refractivity contribution >= 4 is 37.6 Å². The van der Waals surface area contributed by atoms with Crippen LogP contribution in [0.2, 0.25) is 0 Å². The van der Waals surface area contributed by atoms with E-state index in [1.165, 1.54) is 13.2 Å². The highest BCUT2D eigenvalue weighted by molar-refractivity contribution is 9.10. The molecule has 0 atom stereocenters. The third-order valence-corrected chi connectivity index (χ3v) is 4.73. The van der Waals surface area contributed by atoms with Crippen molar-refractivity contribution in [2.45, 2.75) is 4.90 Å². The molecule has 0 amide bonds. The molecule has 21 heavy (non-hydrogen) atoms. The molecule has 2 aromatic rings. The molecular formula is C12H10BrNO6S. The molecule has 0 spiro atoms. The summed E-state index contributed by atoms with van der Waals surface area (Å²) < 4.78 is 36.5. The lowest BCUT2D eigenvalue weighted by Gasteiger charge is -2.10. The van der Waals surface area contributed by atoms with Crippen LogP contribution in [0.15, 0.2) is 44.3 Å². The molecule has 2 rings (SSSR count). The molecule has 1 aromatic heterocycles. The SMILES string of the molecule is COc1ccccc1NS(=O)(=O)c1cc(C(=O)O)oc1Br. The van der Waals surface area contributed by atoms with Crippen molar-refractivity contribution in [3.63, 3.8) is 0 Å². The van der Waals surface area contributed by atoms with Crippen LogP contribution in [0, 0.1) is 0 Å². The zero-order valence-corrected chi connectivity index (χ0v) is 13.1. The Morgan fingerprint density at radius 1 is 1.38 bits per heavy atom. The van der Waals surface area contributed by atoms with E-state index in [2.05, 4.69) is 20.7 Å². The summed E-state index contributed by atoms with van der Waals surface area (Å²) in [6, 6.07) is 7.35. The normalized spacial score (nSPS) is 11.1. The van der Waals surface area contributed by atoms with E-state index in [0.717, 1.165) is 6.07 Å². The Morgan fingerprint density at radius 3 is 2.62 bits per heavy atom. The van der Waals surface area contributed by atoms with Crippen LogP contribution < -0.4 is 9.46 Å². The Kier molecular flexibility index (Phi) is 4.24. The van der Waals surface area contributed by atoms with E-state index in [4.69, 9.17) is 14.3 Å². The molecule has 1 heterocycles. The number of sulfonamides is 1. The second-order valence-electron chi connectivity index (χ2n) is 3.86. The van der Waals surface area contributed by atoms with Crippen LogP contribution in [0.3, 0.4) is 0 Å². The fourth-order valence-electron chi connectivity index (χ4n) is 1.57. The van der Waals surface area contributed by atoms with E-state index in [1.807, 2.05) is 0 Å². The summed E-state index contributed by atoms with van der Waals surface area (Å²) in [6.07, 6.45) is 0. The van der Waals surface area contributed by atoms with E-state index in [-0.39, 0.29) is 15.3 Å². The third-order valence-electron chi connectivity index (χ3n) is 2.51. The van der Waals surface area contributed by atoms with Crippen molar-refractivity contribution in [2.75, 3.05) is 11.8 Å². The standard InChI is InChI=1S/C12H10BrNO6S/c1-19-8-5-3-2-4-7(8)14-21(17,18)10-6-9(12(15)16)20-11(10)13/h2-6,14H,1H3,(H,15,16). The maximum atomic E-state index is 12.3. The van der Waals surface area contributed by atoms with Crippen molar-refractivity contribution in [1.82, 2.24) is 0 Å². The monoisotopic (exact) mass is 375 g/mol. The van der Waals surface area contributed by atoms with Crippen molar-refractivity contribution in [3.8, 4) is 5.75 Å².